The van der Waals surface area contributed by atoms with Gasteiger partial charge in [0.1, 0.15) is 0 Å². The molecule has 1 aromatic carbocycles. The van der Waals surface area contributed by atoms with E-state index in [9.17, 15) is 18.0 Å². The maximum atomic E-state index is 12.8. The van der Waals surface area contributed by atoms with E-state index in [1.54, 1.807) is 0 Å². The van der Waals surface area contributed by atoms with Gasteiger partial charge in [-0.3, -0.25) is 4.79 Å². The molecule has 1 saturated carbocycles. The van der Waals surface area contributed by atoms with E-state index >= 15 is 0 Å². The lowest BCUT2D eigenvalue weighted by molar-refractivity contribution is -0.192. The average molecular weight is 471 g/mol. The number of ether oxygens (including phenoxy) is 1. The number of benzene rings is 1. The van der Waals surface area contributed by atoms with Crippen molar-refractivity contribution in [1.82, 2.24) is 9.80 Å². The Hall–Kier alpha value is -2.13. The Morgan fingerprint density at radius 3 is 2.36 bits per heavy atom. The van der Waals surface area contributed by atoms with E-state index in [0.717, 1.165) is 62.7 Å². The van der Waals surface area contributed by atoms with Crippen LogP contribution < -0.4 is 0 Å². The molecule has 4 rings (SSSR count). The van der Waals surface area contributed by atoms with Crippen molar-refractivity contribution in [1.29, 1.82) is 0 Å². The highest BCUT2D eigenvalue weighted by molar-refractivity contribution is 5.94. The largest absolute Gasteiger partial charge is 0.490 e. The Kier molecular flexibility index (Phi) is 8.05. The number of carbonyl (C=O) groups excluding carboxylic acids is 1. The molecule has 2 heterocycles. The fraction of sp³-hybridized carbons (Fsp3) is 0.667. The number of likely N-dealkylation sites (N-methyl/N-ethyl adjacent to an activating group) is 1. The summed E-state index contributed by atoms with van der Waals surface area (Å²) in [4.78, 5) is 26.2. The number of amides is 1. The molecule has 2 aliphatic heterocycles. The van der Waals surface area contributed by atoms with Crippen LogP contribution in [-0.4, -0.2) is 78.9 Å². The van der Waals surface area contributed by atoms with Gasteiger partial charge in [-0.2, -0.15) is 13.2 Å². The van der Waals surface area contributed by atoms with Crippen LogP contribution >= 0.6 is 0 Å². The molecule has 1 atom stereocenters. The van der Waals surface area contributed by atoms with Crippen LogP contribution in [0.4, 0.5) is 13.2 Å². The van der Waals surface area contributed by atoms with E-state index < -0.39 is 12.1 Å². The number of hydrogen-bond acceptors (Lipinski definition) is 4. The minimum Gasteiger partial charge on any atom is -0.475 e. The topological polar surface area (TPSA) is 70.1 Å². The molecule has 1 aliphatic carbocycles. The lowest BCUT2D eigenvalue weighted by atomic mass is 9.76. The first kappa shape index (κ1) is 25.5. The second kappa shape index (κ2) is 10.4. The van der Waals surface area contributed by atoms with Gasteiger partial charge in [-0.1, -0.05) is 17.7 Å². The number of hydrogen-bond donors (Lipinski definition) is 1. The summed E-state index contributed by atoms with van der Waals surface area (Å²) in [5, 5.41) is 7.12. The van der Waals surface area contributed by atoms with Crippen LogP contribution in [0.2, 0.25) is 0 Å². The zero-order valence-electron chi connectivity index (χ0n) is 19.2. The molecule has 6 nitrogen and oxygen atoms in total. The zero-order chi connectivity index (χ0) is 24.2. The van der Waals surface area contributed by atoms with Gasteiger partial charge in [0, 0.05) is 37.8 Å². The highest BCUT2D eigenvalue weighted by atomic mass is 19.4. The highest BCUT2D eigenvalue weighted by Gasteiger charge is 2.45. The standard InChI is InChI=1S/C22H32N2O2.C2HF3O2/c1-17-4-3-5-19(12-17)21(25)24-10-8-22(9-11-24)13-20(23(2)16-22)15-26-14-18-6-7-18;3-2(4,5)1(6)7/h3-5,12,18,20H,6-11,13-16H2,1-2H3;(H,6,7). The Balaban J connectivity index is 0.000000383. The zero-order valence-corrected chi connectivity index (χ0v) is 19.2. The van der Waals surface area contributed by atoms with Crippen LogP contribution in [0.25, 0.3) is 0 Å². The van der Waals surface area contributed by atoms with Crippen molar-refractivity contribution in [2.75, 3.05) is 39.9 Å². The Morgan fingerprint density at radius 2 is 1.82 bits per heavy atom. The predicted octanol–water partition coefficient (Wildman–Crippen LogP) is 3.98. The summed E-state index contributed by atoms with van der Waals surface area (Å²) in [6, 6.07) is 8.51. The van der Waals surface area contributed by atoms with Crippen LogP contribution in [0.3, 0.4) is 0 Å². The van der Waals surface area contributed by atoms with E-state index in [4.69, 9.17) is 14.6 Å². The van der Waals surface area contributed by atoms with E-state index in [-0.39, 0.29) is 5.91 Å². The number of carbonyl (C=O) groups is 2. The second-order valence-corrected chi connectivity index (χ2v) is 9.72. The maximum absolute atomic E-state index is 12.8. The van der Waals surface area contributed by atoms with Gasteiger partial charge in [-0.05, 0) is 69.5 Å². The number of aliphatic carboxylic acids is 1. The van der Waals surface area contributed by atoms with E-state index in [1.807, 2.05) is 31.2 Å². The van der Waals surface area contributed by atoms with Crippen LogP contribution in [-0.2, 0) is 9.53 Å². The first-order valence-corrected chi connectivity index (χ1v) is 11.4. The Labute approximate surface area is 192 Å². The molecular weight excluding hydrogens is 437 g/mol. The summed E-state index contributed by atoms with van der Waals surface area (Å²) in [7, 11) is 2.24. The molecule has 3 fully saturated rings. The number of rotatable bonds is 5. The van der Waals surface area contributed by atoms with Gasteiger partial charge in [0.15, 0.2) is 0 Å². The first-order chi connectivity index (χ1) is 15.5. The summed E-state index contributed by atoms with van der Waals surface area (Å²) in [5.41, 5.74) is 2.36. The number of nitrogens with zero attached hydrogens (tertiary/aromatic N) is 2. The molecule has 184 valence electrons. The van der Waals surface area contributed by atoms with Gasteiger partial charge >= 0.3 is 12.1 Å². The third-order valence-electron chi connectivity index (χ3n) is 6.86. The molecule has 1 amide bonds. The summed E-state index contributed by atoms with van der Waals surface area (Å²) in [6.07, 6.45) is 1.09. The third-order valence-corrected chi connectivity index (χ3v) is 6.86. The number of aryl methyl sites for hydroxylation is 1. The van der Waals surface area contributed by atoms with Crippen LogP contribution in [0, 0.1) is 18.3 Å². The Bertz CT molecular complexity index is 833. The molecule has 9 heteroatoms. The summed E-state index contributed by atoms with van der Waals surface area (Å²) in [5.74, 6) is -1.72. The van der Waals surface area contributed by atoms with Crippen molar-refractivity contribution in [3.63, 3.8) is 0 Å². The molecule has 1 aromatic rings. The van der Waals surface area contributed by atoms with Crippen LogP contribution in [0.1, 0.15) is 48.0 Å². The van der Waals surface area contributed by atoms with Gasteiger partial charge in [0.2, 0.25) is 0 Å². The molecule has 33 heavy (non-hydrogen) atoms. The molecule has 0 aromatic heterocycles. The van der Waals surface area contributed by atoms with Crippen molar-refractivity contribution in [2.45, 2.75) is 51.2 Å². The van der Waals surface area contributed by atoms with Crippen LogP contribution in [0.5, 0.6) is 0 Å². The van der Waals surface area contributed by atoms with Crippen molar-refractivity contribution in [3.8, 4) is 0 Å². The molecule has 1 N–H and O–H groups in total. The number of halogens is 3. The number of alkyl halides is 3. The molecule has 3 aliphatic rings. The SMILES string of the molecule is Cc1cccc(C(=O)N2CCC3(CC2)CC(COCC2CC2)N(C)C3)c1.O=C(O)C(F)(F)F. The number of piperidine rings is 1. The summed E-state index contributed by atoms with van der Waals surface area (Å²) >= 11 is 0. The second-order valence-electron chi connectivity index (χ2n) is 9.72. The van der Waals surface area contributed by atoms with Crippen molar-refractivity contribution >= 4 is 11.9 Å². The molecule has 1 unspecified atom stereocenters. The molecule has 1 spiro atoms. The lowest BCUT2D eigenvalue weighted by Crippen LogP contribution is -2.44. The Morgan fingerprint density at radius 1 is 1.18 bits per heavy atom. The van der Waals surface area contributed by atoms with Crippen molar-refractivity contribution in [2.24, 2.45) is 11.3 Å². The number of carboxylic acids is 1. The molecule has 0 bridgehead atoms. The monoisotopic (exact) mass is 470 g/mol. The fourth-order valence-corrected chi connectivity index (χ4v) is 4.73. The van der Waals surface area contributed by atoms with Gasteiger partial charge in [0.05, 0.1) is 6.61 Å². The van der Waals surface area contributed by atoms with E-state index in [2.05, 4.69) is 16.8 Å². The quantitative estimate of drug-likeness (QED) is 0.705. The normalized spacial score (nSPS) is 22.7. The predicted molar refractivity (Wildman–Crippen MR) is 117 cm³/mol. The fourth-order valence-electron chi connectivity index (χ4n) is 4.73. The molecule has 2 saturated heterocycles. The first-order valence-electron chi connectivity index (χ1n) is 11.4. The minimum atomic E-state index is -5.08. The number of likely N-dealkylation sites (tertiary alicyclic amines) is 2. The number of carboxylic acid groups (broad SMARTS) is 1. The average Bonchev–Trinajstić information content (AvgIpc) is 3.52. The van der Waals surface area contributed by atoms with Crippen molar-refractivity contribution < 1.29 is 32.6 Å². The summed E-state index contributed by atoms with van der Waals surface area (Å²) < 4.78 is 37.7. The lowest BCUT2D eigenvalue weighted by Gasteiger charge is -2.39. The van der Waals surface area contributed by atoms with Gasteiger partial charge in [0.25, 0.3) is 5.91 Å². The van der Waals surface area contributed by atoms with E-state index in [0.29, 0.717) is 11.5 Å². The van der Waals surface area contributed by atoms with Crippen LogP contribution in [0.15, 0.2) is 24.3 Å². The molecule has 0 radical (unpaired) electrons. The third kappa shape index (κ3) is 7.17. The highest BCUT2D eigenvalue weighted by Crippen LogP contribution is 2.43. The summed E-state index contributed by atoms with van der Waals surface area (Å²) in [6.45, 7) is 6.79. The van der Waals surface area contributed by atoms with Gasteiger partial charge in [-0.15, -0.1) is 0 Å². The minimum absolute atomic E-state index is 0.194. The smallest absolute Gasteiger partial charge is 0.475 e. The maximum Gasteiger partial charge on any atom is 0.490 e. The van der Waals surface area contributed by atoms with Gasteiger partial charge < -0.3 is 19.6 Å². The van der Waals surface area contributed by atoms with E-state index in [1.165, 1.54) is 19.3 Å². The van der Waals surface area contributed by atoms with Crippen molar-refractivity contribution in [3.05, 3.63) is 35.4 Å². The van der Waals surface area contributed by atoms with Gasteiger partial charge in [-0.25, -0.2) is 4.79 Å². The molecular formula is C24H33F3N2O4.